The Labute approximate surface area is 228 Å². The van der Waals surface area contributed by atoms with E-state index in [9.17, 15) is 19.8 Å². The fraction of sp³-hybridized carbons (Fsp3) is 0.290. The topological polar surface area (TPSA) is 93.5 Å². The number of benzene rings is 3. The lowest BCUT2D eigenvalue weighted by Crippen LogP contribution is -2.44. The Morgan fingerprint density at radius 2 is 1.49 bits per heavy atom. The second-order valence-corrected chi connectivity index (χ2v) is 10.2. The molecule has 5 rings (SSSR count). The quantitative estimate of drug-likeness (QED) is 0.289. The molecule has 0 saturated carbocycles. The van der Waals surface area contributed by atoms with E-state index in [-0.39, 0.29) is 17.1 Å². The Morgan fingerprint density at radius 3 is 2.10 bits per heavy atom. The molecular weight excluding hydrogens is 494 g/mol. The van der Waals surface area contributed by atoms with Gasteiger partial charge < -0.3 is 24.7 Å². The Hall–Kier alpha value is -4.30. The molecule has 202 valence electrons. The average Bonchev–Trinajstić information content (AvgIpc) is 3.20. The van der Waals surface area contributed by atoms with Crippen molar-refractivity contribution < 1.29 is 24.5 Å². The van der Waals surface area contributed by atoms with E-state index >= 15 is 0 Å². The van der Waals surface area contributed by atoms with Crippen molar-refractivity contribution in [3.63, 3.8) is 0 Å². The number of ether oxygens (including phenoxy) is 1. The third-order valence-corrected chi connectivity index (χ3v) is 7.65. The van der Waals surface area contributed by atoms with Crippen molar-refractivity contribution in [2.75, 3.05) is 50.1 Å². The highest BCUT2D eigenvalue weighted by atomic mass is 16.5. The van der Waals surface area contributed by atoms with Crippen molar-refractivity contribution in [3.05, 3.63) is 88.5 Å². The number of phenolic OH excluding ortho intramolecular Hbond substituents is 1. The molecule has 1 unspecified atom stereocenters. The number of phenols is 1. The number of aryl methyl sites for hydroxylation is 2. The van der Waals surface area contributed by atoms with Gasteiger partial charge in [0.25, 0.3) is 11.7 Å². The maximum Gasteiger partial charge on any atom is 0.300 e. The van der Waals surface area contributed by atoms with E-state index in [1.54, 1.807) is 31.4 Å². The first-order valence-electron chi connectivity index (χ1n) is 13.0. The zero-order valence-electron chi connectivity index (χ0n) is 22.6. The number of ketones is 1. The normalized spacial score (nSPS) is 19.5. The summed E-state index contributed by atoms with van der Waals surface area (Å²) in [6.45, 7) is 7.44. The number of rotatable bonds is 5. The molecule has 2 fully saturated rings. The minimum absolute atomic E-state index is 0.00139. The van der Waals surface area contributed by atoms with Gasteiger partial charge in [0.1, 0.15) is 17.3 Å². The fourth-order valence-electron chi connectivity index (χ4n) is 5.37. The number of aliphatic hydroxyl groups is 1. The molecule has 2 heterocycles. The Morgan fingerprint density at radius 1 is 0.872 bits per heavy atom. The van der Waals surface area contributed by atoms with Crippen LogP contribution in [0.2, 0.25) is 0 Å². The van der Waals surface area contributed by atoms with Gasteiger partial charge in [0.05, 0.1) is 18.7 Å². The smallest absolute Gasteiger partial charge is 0.300 e. The number of piperazine rings is 1. The zero-order valence-corrected chi connectivity index (χ0v) is 22.6. The van der Waals surface area contributed by atoms with Gasteiger partial charge in [-0.25, -0.2) is 0 Å². The van der Waals surface area contributed by atoms with E-state index in [4.69, 9.17) is 4.74 Å². The largest absolute Gasteiger partial charge is 0.508 e. The van der Waals surface area contributed by atoms with E-state index in [0.717, 1.165) is 37.4 Å². The van der Waals surface area contributed by atoms with E-state index in [0.29, 0.717) is 28.1 Å². The van der Waals surface area contributed by atoms with Gasteiger partial charge >= 0.3 is 0 Å². The van der Waals surface area contributed by atoms with Gasteiger partial charge in [-0.2, -0.15) is 0 Å². The van der Waals surface area contributed by atoms with Crippen LogP contribution in [0.15, 0.2) is 66.2 Å². The lowest BCUT2D eigenvalue weighted by Gasteiger charge is -2.34. The molecular formula is C31H33N3O5. The molecule has 8 nitrogen and oxygen atoms in total. The van der Waals surface area contributed by atoms with Gasteiger partial charge in [0, 0.05) is 43.1 Å². The van der Waals surface area contributed by atoms with Gasteiger partial charge in [-0.3, -0.25) is 14.5 Å². The van der Waals surface area contributed by atoms with Crippen LogP contribution in [-0.2, 0) is 9.59 Å². The number of aliphatic hydroxyl groups excluding tert-OH is 1. The molecule has 0 spiro atoms. The molecule has 0 aliphatic carbocycles. The van der Waals surface area contributed by atoms with Crippen molar-refractivity contribution in [3.8, 4) is 11.5 Å². The molecule has 8 heteroatoms. The highest BCUT2D eigenvalue weighted by molar-refractivity contribution is 6.51. The second kappa shape index (κ2) is 10.5. The van der Waals surface area contributed by atoms with E-state index < -0.39 is 17.7 Å². The monoisotopic (exact) mass is 527 g/mol. The highest BCUT2D eigenvalue weighted by Gasteiger charge is 2.47. The van der Waals surface area contributed by atoms with Crippen molar-refractivity contribution >= 4 is 28.8 Å². The van der Waals surface area contributed by atoms with Gasteiger partial charge in [0.15, 0.2) is 0 Å². The Kier molecular flexibility index (Phi) is 7.06. The Balaban J connectivity index is 1.61. The second-order valence-electron chi connectivity index (χ2n) is 10.2. The zero-order chi connectivity index (χ0) is 27.8. The summed E-state index contributed by atoms with van der Waals surface area (Å²) in [6, 6.07) is 16.6. The molecule has 1 amide bonds. The van der Waals surface area contributed by atoms with Crippen LogP contribution in [0.4, 0.5) is 11.4 Å². The lowest BCUT2D eigenvalue weighted by molar-refractivity contribution is -0.132. The van der Waals surface area contributed by atoms with Crippen LogP contribution in [0.3, 0.4) is 0 Å². The summed E-state index contributed by atoms with van der Waals surface area (Å²) in [5, 5.41) is 21.4. The van der Waals surface area contributed by atoms with Gasteiger partial charge in [-0.15, -0.1) is 0 Å². The minimum atomic E-state index is -0.873. The standard InChI is InChI=1S/C31H33N3O5/c1-19-18-26(39-4)20(2)17-25(19)29(36)27-28(21-5-11-24(35)12-6-21)34(31(38)30(27)37)23-9-7-22(8-10-23)33-15-13-32(3)14-16-33/h5-12,17-18,28,35-36H,13-16H2,1-4H3/b29-27+. The summed E-state index contributed by atoms with van der Waals surface area (Å²) >= 11 is 0. The highest BCUT2D eigenvalue weighted by Crippen LogP contribution is 2.43. The number of Topliss-reactive ketones (excluding diaryl/α,β-unsaturated/α-hetero) is 1. The van der Waals surface area contributed by atoms with E-state index in [1.165, 1.54) is 17.0 Å². The van der Waals surface area contributed by atoms with Gasteiger partial charge in [-0.05, 0) is 86.1 Å². The van der Waals surface area contributed by atoms with E-state index in [1.807, 2.05) is 38.1 Å². The van der Waals surface area contributed by atoms with Crippen LogP contribution >= 0.6 is 0 Å². The van der Waals surface area contributed by atoms with Crippen LogP contribution < -0.4 is 14.5 Å². The minimum Gasteiger partial charge on any atom is -0.508 e. The third kappa shape index (κ3) is 4.83. The first kappa shape index (κ1) is 26.3. The summed E-state index contributed by atoms with van der Waals surface area (Å²) in [7, 11) is 3.68. The molecule has 2 N–H and O–H groups in total. The van der Waals surface area contributed by atoms with Crippen molar-refractivity contribution in [2.45, 2.75) is 19.9 Å². The summed E-state index contributed by atoms with van der Waals surface area (Å²) in [4.78, 5) is 33.1. The van der Waals surface area contributed by atoms with E-state index in [2.05, 4.69) is 16.8 Å². The summed E-state index contributed by atoms with van der Waals surface area (Å²) in [6.07, 6.45) is 0. The molecule has 0 radical (unpaired) electrons. The van der Waals surface area contributed by atoms with Crippen LogP contribution in [0.5, 0.6) is 11.5 Å². The molecule has 39 heavy (non-hydrogen) atoms. The number of likely N-dealkylation sites (N-methyl/N-ethyl adjacent to an activating group) is 1. The van der Waals surface area contributed by atoms with Crippen molar-refractivity contribution in [2.24, 2.45) is 0 Å². The first-order chi connectivity index (χ1) is 18.7. The number of carbonyl (C=O) groups excluding carboxylic acids is 2. The maximum absolute atomic E-state index is 13.5. The molecule has 0 aromatic heterocycles. The van der Waals surface area contributed by atoms with Crippen LogP contribution in [0, 0.1) is 13.8 Å². The average molecular weight is 528 g/mol. The lowest BCUT2D eigenvalue weighted by atomic mass is 9.93. The number of aromatic hydroxyl groups is 1. The van der Waals surface area contributed by atoms with Crippen LogP contribution in [0.1, 0.15) is 28.3 Å². The number of nitrogens with zero attached hydrogens (tertiary/aromatic N) is 3. The van der Waals surface area contributed by atoms with Crippen LogP contribution in [-0.4, -0.2) is 67.1 Å². The van der Waals surface area contributed by atoms with Gasteiger partial charge in [0.2, 0.25) is 0 Å². The molecule has 3 aromatic carbocycles. The first-order valence-corrected chi connectivity index (χ1v) is 13.0. The number of hydrogen-bond acceptors (Lipinski definition) is 7. The summed E-state index contributed by atoms with van der Waals surface area (Å²) < 4.78 is 5.40. The maximum atomic E-state index is 13.5. The number of methoxy groups -OCH3 is 1. The fourth-order valence-corrected chi connectivity index (χ4v) is 5.37. The Bertz CT molecular complexity index is 1440. The molecule has 0 bridgehead atoms. The van der Waals surface area contributed by atoms with Crippen LogP contribution in [0.25, 0.3) is 5.76 Å². The molecule has 2 aliphatic heterocycles. The number of carbonyl (C=O) groups is 2. The predicted molar refractivity (Wildman–Crippen MR) is 152 cm³/mol. The molecule has 2 aliphatic rings. The SMILES string of the molecule is COc1cc(C)c(/C(O)=C2\C(=O)C(=O)N(c3ccc(N4CCN(C)CC4)cc3)C2c2ccc(O)cc2)cc1C. The predicted octanol–water partition coefficient (Wildman–Crippen LogP) is 4.40. The number of hydrogen-bond donors (Lipinski definition) is 2. The van der Waals surface area contributed by atoms with Crippen molar-refractivity contribution in [1.29, 1.82) is 0 Å². The third-order valence-electron chi connectivity index (χ3n) is 7.65. The molecule has 1 atom stereocenters. The number of amides is 1. The summed E-state index contributed by atoms with van der Waals surface area (Å²) in [5.41, 5.74) is 4.16. The summed E-state index contributed by atoms with van der Waals surface area (Å²) in [5.74, 6) is -0.994. The van der Waals surface area contributed by atoms with Gasteiger partial charge in [-0.1, -0.05) is 12.1 Å². The number of anilines is 2. The molecule has 3 aromatic rings. The van der Waals surface area contributed by atoms with Crippen molar-refractivity contribution in [1.82, 2.24) is 4.90 Å². The molecule has 2 saturated heterocycles.